The van der Waals surface area contributed by atoms with Gasteiger partial charge in [-0.05, 0) is 86.9 Å². The van der Waals surface area contributed by atoms with Gasteiger partial charge in [-0.1, -0.05) is 97.4 Å². The van der Waals surface area contributed by atoms with Crippen LogP contribution in [0.2, 0.25) is 0 Å². The molecule has 0 saturated carbocycles. The normalized spacial score (nSPS) is 22.4. The molecule has 0 radical (unpaired) electrons. The molecule has 3 aliphatic carbocycles. The molecule has 0 heterocycles. The highest BCUT2D eigenvalue weighted by molar-refractivity contribution is 5.93. The molecule has 0 nitrogen and oxygen atoms in total. The van der Waals surface area contributed by atoms with Gasteiger partial charge in [0, 0.05) is 5.41 Å². The minimum atomic E-state index is 0.106. The van der Waals surface area contributed by atoms with E-state index in [-0.39, 0.29) is 5.41 Å². The van der Waals surface area contributed by atoms with Crippen LogP contribution in [0.4, 0.5) is 0 Å². The fourth-order valence-corrected chi connectivity index (χ4v) is 6.42. The lowest BCUT2D eigenvalue weighted by atomic mass is 9.56. The number of allylic oxidation sites excluding steroid dienone is 8. The first kappa shape index (κ1) is 22.1. The first-order valence-corrected chi connectivity index (χ1v) is 12.5. The van der Waals surface area contributed by atoms with Crippen LogP contribution in [-0.4, -0.2) is 0 Å². The van der Waals surface area contributed by atoms with Gasteiger partial charge in [0.2, 0.25) is 0 Å². The van der Waals surface area contributed by atoms with Gasteiger partial charge in [-0.15, -0.1) is 0 Å². The second-order valence-electron chi connectivity index (χ2n) is 10.6. The van der Waals surface area contributed by atoms with Crippen molar-refractivity contribution in [3.05, 3.63) is 80.3 Å². The Labute approximate surface area is 189 Å². The summed E-state index contributed by atoms with van der Waals surface area (Å²) in [6, 6.07) is 4.92. The van der Waals surface area contributed by atoms with E-state index in [2.05, 4.69) is 97.9 Å². The first-order chi connectivity index (χ1) is 14.8. The minimum absolute atomic E-state index is 0.106. The smallest absolute Gasteiger partial charge is 0.0197 e. The second-order valence-corrected chi connectivity index (χ2v) is 10.6. The zero-order valence-corrected chi connectivity index (χ0v) is 20.9. The van der Waals surface area contributed by atoms with Crippen LogP contribution in [0, 0.1) is 17.3 Å². The molecule has 0 heteroatoms. The lowest BCUT2D eigenvalue weighted by Crippen LogP contribution is -2.37. The molecular weight excluding hydrogens is 372 g/mol. The Bertz CT molecular complexity index is 1140. The van der Waals surface area contributed by atoms with Gasteiger partial charge in [-0.3, -0.25) is 0 Å². The molecule has 0 saturated heterocycles. The van der Waals surface area contributed by atoms with Gasteiger partial charge >= 0.3 is 0 Å². The molecule has 1 unspecified atom stereocenters. The molecule has 0 fully saturated rings. The van der Waals surface area contributed by atoms with E-state index >= 15 is 0 Å². The highest BCUT2D eigenvalue weighted by Crippen LogP contribution is 2.57. The Morgan fingerprint density at radius 2 is 1.65 bits per heavy atom. The van der Waals surface area contributed by atoms with Crippen LogP contribution >= 0.6 is 0 Å². The van der Waals surface area contributed by atoms with E-state index in [4.69, 9.17) is 0 Å². The van der Waals surface area contributed by atoms with Gasteiger partial charge < -0.3 is 0 Å². The topological polar surface area (TPSA) is 0 Å². The van der Waals surface area contributed by atoms with Gasteiger partial charge in [-0.2, -0.15) is 0 Å². The Balaban J connectivity index is 2.19. The molecule has 31 heavy (non-hydrogen) atoms. The quantitative estimate of drug-likeness (QED) is 0.465. The molecule has 0 bridgehead atoms. The second kappa shape index (κ2) is 8.12. The highest BCUT2D eigenvalue weighted by atomic mass is 14.5. The molecule has 1 aromatic carbocycles. The summed E-state index contributed by atoms with van der Waals surface area (Å²) in [5.74, 6) is 1.61. The van der Waals surface area contributed by atoms with Crippen molar-refractivity contribution in [2.24, 2.45) is 17.3 Å². The van der Waals surface area contributed by atoms with Gasteiger partial charge in [0.1, 0.15) is 0 Å². The summed E-state index contributed by atoms with van der Waals surface area (Å²) in [4.78, 5) is 0. The van der Waals surface area contributed by atoms with Gasteiger partial charge in [0.05, 0.1) is 0 Å². The molecule has 3 aliphatic rings. The molecule has 1 aromatic rings. The van der Waals surface area contributed by atoms with Crippen molar-refractivity contribution in [1.29, 1.82) is 0 Å². The van der Waals surface area contributed by atoms with Crippen molar-refractivity contribution in [2.75, 3.05) is 0 Å². The predicted octanol–water partition coefficient (Wildman–Crippen LogP) is 7.15. The Hall–Kier alpha value is -2.08. The number of rotatable bonds is 6. The lowest BCUT2D eigenvalue weighted by Gasteiger charge is -2.47. The third-order valence-corrected chi connectivity index (χ3v) is 7.94. The summed E-state index contributed by atoms with van der Waals surface area (Å²) >= 11 is 0. The fourth-order valence-electron chi connectivity index (χ4n) is 6.42. The zero-order chi connectivity index (χ0) is 22.5. The molecule has 0 spiro atoms. The van der Waals surface area contributed by atoms with E-state index < -0.39 is 0 Å². The maximum absolute atomic E-state index is 2.61. The van der Waals surface area contributed by atoms with E-state index in [1.165, 1.54) is 38.3 Å². The summed E-state index contributed by atoms with van der Waals surface area (Å²) in [5, 5.41) is 2.94. The highest BCUT2D eigenvalue weighted by Gasteiger charge is 2.46. The van der Waals surface area contributed by atoms with Crippen molar-refractivity contribution < 1.29 is 0 Å². The summed E-state index contributed by atoms with van der Waals surface area (Å²) in [7, 11) is 0. The zero-order valence-electron chi connectivity index (χ0n) is 20.9. The van der Waals surface area contributed by atoms with E-state index in [1.807, 2.05) is 0 Å². The summed E-state index contributed by atoms with van der Waals surface area (Å²) in [5.41, 5.74) is 10.8. The van der Waals surface area contributed by atoms with Crippen LogP contribution in [0.5, 0.6) is 0 Å². The Kier molecular flexibility index (Phi) is 5.80. The number of hydrogen-bond acceptors (Lipinski definition) is 0. The average molecular weight is 413 g/mol. The van der Waals surface area contributed by atoms with Gasteiger partial charge in [0.15, 0.2) is 0 Å². The monoisotopic (exact) mass is 412 g/mol. The molecule has 1 atom stereocenters. The first-order valence-electron chi connectivity index (χ1n) is 12.5. The molecule has 0 N–H and O–H groups in total. The molecule has 4 rings (SSSR count). The van der Waals surface area contributed by atoms with Crippen molar-refractivity contribution in [2.45, 2.75) is 80.6 Å². The molecule has 164 valence electrons. The van der Waals surface area contributed by atoms with Crippen LogP contribution in [0.25, 0.3) is 11.6 Å². The number of fused-ring (bicyclic) bond motifs is 2. The van der Waals surface area contributed by atoms with Crippen LogP contribution in [-0.2, 0) is 6.42 Å². The van der Waals surface area contributed by atoms with Crippen LogP contribution < -0.4 is 10.4 Å². The van der Waals surface area contributed by atoms with Crippen molar-refractivity contribution >= 4 is 11.6 Å². The van der Waals surface area contributed by atoms with Crippen LogP contribution in [0.1, 0.15) is 85.3 Å². The maximum Gasteiger partial charge on any atom is 0.0197 e. The maximum atomic E-state index is 2.61. The Morgan fingerprint density at radius 1 is 0.903 bits per heavy atom. The Morgan fingerprint density at radius 3 is 2.16 bits per heavy atom. The van der Waals surface area contributed by atoms with Crippen molar-refractivity contribution in [1.82, 2.24) is 0 Å². The summed E-state index contributed by atoms with van der Waals surface area (Å²) in [6.07, 6.45) is 15.4. The molecular formula is C31H40. The van der Waals surface area contributed by atoms with Crippen molar-refractivity contribution in [3.63, 3.8) is 0 Å². The predicted molar refractivity (Wildman–Crippen MR) is 136 cm³/mol. The van der Waals surface area contributed by atoms with Crippen LogP contribution in [0.15, 0.2) is 58.7 Å². The van der Waals surface area contributed by atoms with E-state index in [9.17, 15) is 0 Å². The number of aryl methyl sites for hydroxylation is 1. The largest absolute Gasteiger partial charge is 0.0801 e. The third-order valence-electron chi connectivity index (χ3n) is 7.94. The lowest BCUT2D eigenvalue weighted by molar-refractivity contribution is 0.270. The van der Waals surface area contributed by atoms with E-state index in [0.717, 1.165) is 19.3 Å². The van der Waals surface area contributed by atoms with Crippen molar-refractivity contribution in [3.8, 4) is 0 Å². The third kappa shape index (κ3) is 3.25. The van der Waals surface area contributed by atoms with Gasteiger partial charge in [-0.25, -0.2) is 0 Å². The molecule has 0 amide bonds. The van der Waals surface area contributed by atoms with Gasteiger partial charge in [0.25, 0.3) is 0 Å². The van der Waals surface area contributed by atoms with Crippen LogP contribution in [0.3, 0.4) is 0 Å². The average Bonchev–Trinajstić information content (AvgIpc) is 3.38. The number of benzene rings is 1. The SMILES string of the molecule is CCc1cc(C(C)C)c2c(c1)=CC1=C(C3=CC=CC3)C(CC)(C(C)C)C(C(C)C)=CC=21. The fraction of sp³-hybridized carbons (Fsp3) is 0.484. The van der Waals surface area contributed by atoms with E-state index in [1.54, 1.807) is 11.1 Å². The standard InChI is InChI=1S/C31H40/c1-9-22-15-24-17-27-26(29(24)25(16-22)19(3)4)18-28(20(5)6)31(10-2,21(7)8)30(27)23-13-11-12-14-23/h11-13,15-21H,9-10,14H2,1-8H3. The minimum Gasteiger partial charge on any atom is -0.0801 e. The molecule has 0 aliphatic heterocycles. The molecule has 0 aromatic heterocycles. The van der Waals surface area contributed by atoms with E-state index in [0.29, 0.717) is 17.8 Å². The summed E-state index contributed by atoms with van der Waals surface area (Å²) < 4.78 is 0. The summed E-state index contributed by atoms with van der Waals surface area (Å²) in [6.45, 7) is 19.0. The number of hydrogen-bond donors (Lipinski definition) is 0.